The Hall–Kier alpha value is -1.58. The molecule has 0 bridgehead atoms. The third-order valence-corrected chi connectivity index (χ3v) is 5.24. The average Bonchev–Trinajstić information content (AvgIpc) is 2.52. The molecule has 0 atom stereocenters. The van der Waals surface area contributed by atoms with E-state index in [0.29, 0.717) is 0 Å². The van der Waals surface area contributed by atoms with E-state index in [1.54, 1.807) is 0 Å². The summed E-state index contributed by atoms with van der Waals surface area (Å²) in [7, 11) is -0.190. The highest BCUT2D eigenvalue weighted by molar-refractivity contribution is 7.97. The lowest BCUT2D eigenvalue weighted by molar-refractivity contribution is -0.00000455. The first-order valence-corrected chi connectivity index (χ1v) is 7.67. The fourth-order valence-electron chi connectivity index (χ4n) is 2.09. The van der Waals surface area contributed by atoms with Gasteiger partial charge in [0.15, 0.2) is 14.7 Å². The number of rotatable bonds is 3. The molecule has 0 aliphatic rings. The molecule has 0 N–H and O–H groups in total. The Labute approximate surface area is 137 Å². The van der Waals surface area contributed by atoms with Crippen molar-refractivity contribution < 1.29 is 21.4 Å². The molecular weight excluding hydrogens is 347 g/mol. The molecule has 0 fully saturated rings. The lowest BCUT2D eigenvalue weighted by Crippen LogP contribution is -3.00. The van der Waals surface area contributed by atoms with Crippen LogP contribution in [0.4, 0.5) is 4.39 Å². The van der Waals surface area contributed by atoms with E-state index in [0.717, 1.165) is 4.90 Å². The second kappa shape index (κ2) is 7.43. The number of halogens is 2. The number of hydrogen-bond acceptors (Lipinski definition) is 0. The van der Waals surface area contributed by atoms with Gasteiger partial charge < -0.3 is 17.0 Å². The molecule has 21 heavy (non-hydrogen) atoms. The van der Waals surface area contributed by atoms with Crippen LogP contribution in [-0.4, -0.2) is 0 Å². The van der Waals surface area contributed by atoms with E-state index in [9.17, 15) is 4.39 Å². The summed E-state index contributed by atoms with van der Waals surface area (Å²) in [6, 6.07) is 27.5. The molecule has 3 aromatic carbocycles. The molecule has 0 saturated heterocycles. The van der Waals surface area contributed by atoms with Crippen molar-refractivity contribution in [2.45, 2.75) is 14.7 Å². The maximum atomic E-state index is 13.2. The summed E-state index contributed by atoms with van der Waals surface area (Å²) in [6.07, 6.45) is 0. The number of hydrogen-bond donors (Lipinski definition) is 0. The van der Waals surface area contributed by atoms with Crippen LogP contribution >= 0.6 is 0 Å². The highest BCUT2D eigenvalue weighted by Gasteiger charge is 2.27. The van der Waals surface area contributed by atoms with Crippen LogP contribution < -0.4 is 17.0 Å². The van der Waals surface area contributed by atoms with Gasteiger partial charge in [-0.3, -0.25) is 0 Å². The third-order valence-electron chi connectivity index (χ3n) is 3.01. The lowest BCUT2D eigenvalue weighted by atomic mass is 10.3. The van der Waals surface area contributed by atoms with Crippen molar-refractivity contribution in [3.05, 3.63) is 90.7 Å². The largest absolute Gasteiger partial charge is 1.00 e. The minimum atomic E-state index is -0.196. The molecule has 0 heterocycles. The molecule has 0 nitrogen and oxygen atoms in total. The second-order valence-electron chi connectivity index (χ2n) is 4.39. The maximum Gasteiger partial charge on any atom is 0.166 e. The summed E-state index contributed by atoms with van der Waals surface area (Å²) in [5.41, 5.74) is 0. The van der Waals surface area contributed by atoms with Crippen molar-refractivity contribution in [2.75, 3.05) is 0 Å². The summed E-state index contributed by atoms with van der Waals surface area (Å²) in [4.78, 5) is 3.61. The van der Waals surface area contributed by atoms with Crippen molar-refractivity contribution >= 4 is 10.9 Å². The van der Waals surface area contributed by atoms with Crippen molar-refractivity contribution in [1.82, 2.24) is 0 Å². The highest BCUT2D eigenvalue weighted by atomic mass is 79.9. The SMILES string of the molecule is Fc1ccc([S+](c2ccccc2)c2ccccc2)cc1.[Br-]. The predicted octanol–water partition coefficient (Wildman–Crippen LogP) is 1.93. The summed E-state index contributed by atoms with van der Waals surface area (Å²) < 4.78 is 13.2. The van der Waals surface area contributed by atoms with Gasteiger partial charge in [-0.1, -0.05) is 36.4 Å². The standard InChI is InChI=1S/C18H14FS.BrH/c19-15-11-13-18(14-12-15)20(16-7-3-1-4-8-16)17-9-5-2-6-10-17;/h1-14H;1H/q+1;/p-1. The molecule has 106 valence electrons. The van der Waals surface area contributed by atoms with Crippen molar-refractivity contribution in [3.8, 4) is 0 Å². The summed E-state index contributed by atoms with van der Waals surface area (Å²) >= 11 is 0. The zero-order valence-corrected chi connectivity index (χ0v) is 13.6. The Kier molecular flexibility index (Phi) is 5.59. The molecule has 0 radical (unpaired) electrons. The van der Waals surface area contributed by atoms with Crippen molar-refractivity contribution in [3.63, 3.8) is 0 Å². The monoisotopic (exact) mass is 360 g/mol. The Bertz CT molecular complexity index is 629. The van der Waals surface area contributed by atoms with Crippen LogP contribution in [0, 0.1) is 5.82 Å². The van der Waals surface area contributed by atoms with Crippen molar-refractivity contribution in [2.24, 2.45) is 0 Å². The van der Waals surface area contributed by atoms with Gasteiger partial charge >= 0.3 is 0 Å². The molecule has 0 aromatic heterocycles. The van der Waals surface area contributed by atoms with Gasteiger partial charge in [0.25, 0.3) is 0 Å². The van der Waals surface area contributed by atoms with Crippen LogP contribution in [0.3, 0.4) is 0 Å². The van der Waals surface area contributed by atoms with E-state index in [1.165, 1.54) is 21.9 Å². The molecule has 0 aliphatic carbocycles. The molecule has 3 heteroatoms. The Morgan fingerprint density at radius 3 is 1.33 bits per heavy atom. The average molecular weight is 361 g/mol. The summed E-state index contributed by atoms with van der Waals surface area (Å²) in [5, 5.41) is 0. The predicted molar refractivity (Wildman–Crippen MR) is 81.4 cm³/mol. The molecule has 3 aromatic rings. The van der Waals surface area contributed by atoms with Gasteiger partial charge in [0.2, 0.25) is 0 Å². The zero-order chi connectivity index (χ0) is 13.8. The first-order chi connectivity index (χ1) is 9.84. The normalized spacial score (nSPS) is 10.2. The fraction of sp³-hybridized carbons (Fsp3) is 0. The van der Waals surface area contributed by atoms with E-state index in [4.69, 9.17) is 0 Å². The van der Waals surface area contributed by atoms with E-state index in [-0.39, 0.29) is 33.7 Å². The molecule has 0 saturated carbocycles. The van der Waals surface area contributed by atoms with Gasteiger partial charge in [-0.15, -0.1) is 0 Å². The van der Waals surface area contributed by atoms with E-state index < -0.39 is 0 Å². The Morgan fingerprint density at radius 2 is 0.905 bits per heavy atom. The second-order valence-corrected chi connectivity index (χ2v) is 6.41. The van der Waals surface area contributed by atoms with Crippen LogP contribution in [0.15, 0.2) is 99.6 Å². The zero-order valence-electron chi connectivity index (χ0n) is 11.2. The van der Waals surface area contributed by atoms with Gasteiger partial charge in [0.05, 0.1) is 10.9 Å². The Morgan fingerprint density at radius 1 is 0.524 bits per heavy atom. The van der Waals surface area contributed by atoms with E-state index >= 15 is 0 Å². The van der Waals surface area contributed by atoms with Crippen LogP contribution in [-0.2, 0) is 10.9 Å². The fourth-order valence-corrected chi connectivity index (χ4v) is 4.18. The topological polar surface area (TPSA) is 0 Å². The number of benzene rings is 3. The van der Waals surface area contributed by atoms with Crippen LogP contribution in [0.2, 0.25) is 0 Å². The summed E-state index contributed by atoms with van der Waals surface area (Å²) in [6.45, 7) is 0. The smallest absolute Gasteiger partial charge is 0.166 e. The minimum absolute atomic E-state index is 0. The minimum Gasteiger partial charge on any atom is -1.00 e. The molecule has 0 aliphatic heterocycles. The molecule has 0 unspecified atom stereocenters. The summed E-state index contributed by atoms with van der Waals surface area (Å²) in [5.74, 6) is -0.196. The van der Waals surface area contributed by atoms with Gasteiger partial charge in [-0.05, 0) is 48.5 Å². The van der Waals surface area contributed by atoms with Crippen LogP contribution in [0.25, 0.3) is 0 Å². The first-order valence-electron chi connectivity index (χ1n) is 6.44. The van der Waals surface area contributed by atoms with Gasteiger partial charge in [-0.2, -0.15) is 0 Å². The lowest BCUT2D eigenvalue weighted by Gasteiger charge is -2.07. The Balaban J connectivity index is 0.00000161. The third kappa shape index (κ3) is 3.74. The van der Waals surface area contributed by atoms with Gasteiger partial charge in [-0.25, -0.2) is 4.39 Å². The molecule has 0 spiro atoms. The molecule has 0 amide bonds. The van der Waals surface area contributed by atoms with Gasteiger partial charge in [0.1, 0.15) is 5.82 Å². The molecular formula is C18H14BrFS. The van der Waals surface area contributed by atoms with Crippen LogP contribution in [0.1, 0.15) is 0 Å². The van der Waals surface area contributed by atoms with Gasteiger partial charge in [0, 0.05) is 0 Å². The molecule has 3 rings (SSSR count). The van der Waals surface area contributed by atoms with Crippen molar-refractivity contribution in [1.29, 1.82) is 0 Å². The van der Waals surface area contributed by atoms with E-state index in [2.05, 4.69) is 24.3 Å². The first kappa shape index (κ1) is 15.8. The highest BCUT2D eigenvalue weighted by Crippen LogP contribution is 2.30. The maximum absolute atomic E-state index is 13.2. The quantitative estimate of drug-likeness (QED) is 0.626. The van der Waals surface area contributed by atoms with E-state index in [1.807, 2.05) is 48.5 Å². The van der Waals surface area contributed by atoms with Crippen LogP contribution in [0.5, 0.6) is 0 Å².